The number of β-lactam (4-membered cyclic amide) rings is 1. The lowest BCUT2D eigenvalue weighted by atomic mass is 9.77. The molecule has 3 N–H and O–H groups in total. The Hall–Kier alpha value is -2.08. The summed E-state index contributed by atoms with van der Waals surface area (Å²) in [5.74, 6) is -2.43. The third-order valence-corrected chi connectivity index (χ3v) is 7.90. The molecule has 5 atom stereocenters. The Labute approximate surface area is 173 Å². The fourth-order valence-electron chi connectivity index (χ4n) is 4.51. The largest absolute Gasteiger partial charge is 0.477 e. The lowest BCUT2D eigenvalue weighted by Gasteiger charge is -2.46. The van der Waals surface area contributed by atoms with Crippen molar-refractivity contribution in [3.63, 3.8) is 0 Å². The van der Waals surface area contributed by atoms with E-state index in [1.807, 2.05) is 6.92 Å². The van der Waals surface area contributed by atoms with E-state index in [-0.39, 0.29) is 30.2 Å². The van der Waals surface area contributed by atoms with Gasteiger partial charge in [-0.25, -0.2) is 9.36 Å². The maximum absolute atomic E-state index is 12.5. The van der Waals surface area contributed by atoms with Gasteiger partial charge in [0.2, 0.25) is 15.8 Å². The first kappa shape index (κ1) is 20.2. The average molecular weight is 441 g/mol. The first-order valence-corrected chi connectivity index (χ1v) is 11.5. The van der Waals surface area contributed by atoms with Crippen LogP contribution in [0, 0.1) is 11.8 Å². The Morgan fingerprint density at radius 2 is 2.14 bits per heavy atom. The zero-order valence-electron chi connectivity index (χ0n) is 16.1. The lowest BCUT2D eigenvalue weighted by Crippen LogP contribution is -2.63. The lowest BCUT2D eigenvalue weighted by molar-refractivity contribution is -0.508. The van der Waals surface area contributed by atoms with Crippen molar-refractivity contribution in [2.24, 2.45) is 11.8 Å². The molecule has 1 unspecified atom stereocenters. The summed E-state index contributed by atoms with van der Waals surface area (Å²) in [5.41, 5.74) is 0.505. The van der Waals surface area contributed by atoms with Gasteiger partial charge in [0.05, 0.1) is 40.3 Å². The number of carbonyl (C=O) groups excluding carboxylic acids is 1. The van der Waals surface area contributed by atoms with Crippen LogP contribution in [0.1, 0.15) is 18.7 Å². The standard InChI is InChI=1S/C18H21N3O6S2/c1-8-11(14(18(25)26)21-13(8)12(9(2)23)15(21)24)10-6-20-7-19(4-5-22)17(29(3)27)16(20)28-10/h6-9,12-13,22-23H,4-5H2,1-3H3/p+1/t8-,9+,12+,13+,29?/m0/s1. The van der Waals surface area contributed by atoms with E-state index in [2.05, 4.69) is 0 Å². The Balaban J connectivity index is 1.85. The second-order valence-corrected chi connectivity index (χ2v) is 9.75. The van der Waals surface area contributed by atoms with Crippen molar-refractivity contribution < 1.29 is 33.5 Å². The summed E-state index contributed by atoms with van der Waals surface area (Å²) < 4.78 is 15.8. The molecule has 0 aromatic carbocycles. The van der Waals surface area contributed by atoms with Gasteiger partial charge in [0.15, 0.2) is 0 Å². The van der Waals surface area contributed by atoms with Crippen molar-refractivity contribution >= 4 is 44.4 Å². The minimum absolute atomic E-state index is 0.0451. The van der Waals surface area contributed by atoms with Crippen molar-refractivity contribution in [2.75, 3.05) is 12.9 Å². The van der Waals surface area contributed by atoms with Crippen LogP contribution in [-0.4, -0.2) is 65.9 Å². The molecule has 11 heteroatoms. The molecule has 29 heavy (non-hydrogen) atoms. The highest BCUT2D eigenvalue weighted by atomic mass is 32.2. The molecule has 2 aromatic heterocycles. The molecule has 2 aliphatic rings. The summed E-state index contributed by atoms with van der Waals surface area (Å²) in [5, 5.41) is 29.6. The molecule has 0 saturated carbocycles. The van der Waals surface area contributed by atoms with E-state index in [4.69, 9.17) is 0 Å². The molecule has 2 aliphatic heterocycles. The van der Waals surface area contributed by atoms with E-state index in [1.165, 1.54) is 16.2 Å². The fourth-order valence-corrected chi connectivity index (χ4v) is 6.98. The average Bonchev–Trinajstić information content (AvgIpc) is 3.22. The minimum Gasteiger partial charge on any atom is -0.477 e. The van der Waals surface area contributed by atoms with Gasteiger partial charge in [-0.1, -0.05) is 18.3 Å². The topological polar surface area (TPSA) is 124 Å². The maximum atomic E-state index is 12.5. The molecule has 0 bridgehead atoms. The van der Waals surface area contributed by atoms with Crippen molar-refractivity contribution in [3.05, 3.63) is 23.1 Å². The molecule has 0 radical (unpaired) electrons. The number of carboxylic acid groups (broad SMARTS) is 1. The molecular formula is C18H22N3O6S2+. The zero-order valence-corrected chi connectivity index (χ0v) is 17.7. The molecule has 1 saturated heterocycles. The van der Waals surface area contributed by atoms with Crippen LogP contribution in [0.5, 0.6) is 0 Å². The van der Waals surface area contributed by atoms with Gasteiger partial charge in [0.25, 0.3) is 6.33 Å². The number of carbonyl (C=O) groups is 2. The van der Waals surface area contributed by atoms with Crippen LogP contribution in [0.4, 0.5) is 0 Å². The number of thiazole rings is 1. The van der Waals surface area contributed by atoms with E-state index < -0.39 is 28.8 Å². The predicted molar refractivity (Wildman–Crippen MR) is 104 cm³/mol. The van der Waals surface area contributed by atoms with Crippen LogP contribution in [0.25, 0.3) is 10.4 Å². The molecule has 1 fully saturated rings. The van der Waals surface area contributed by atoms with Crippen LogP contribution >= 0.6 is 11.3 Å². The number of carboxylic acids is 1. The third-order valence-electron chi connectivity index (χ3n) is 5.66. The summed E-state index contributed by atoms with van der Waals surface area (Å²) in [6.45, 7) is 3.62. The highest BCUT2D eigenvalue weighted by Gasteiger charge is 2.60. The number of aliphatic hydroxyl groups is 2. The summed E-state index contributed by atoms with van der Waals surface area (Å²) in [6.07, 6.45) is 4.20. The summed E-state index contributed by atoms with van der Waals surface area (Å²) in [7, 11) is -1.31. The summed E-state index contributed by atoms with van der Waals surface area (Å²) >= 11 is 1.31. The van der Waals surface area contributed by atoms with Crippen molar-refractivity contribution in [1.82, 2.24) is 9.47 Å². The van der Waals surface area contributed by atoms with Crippen LogP contribution in [0.2, 0.25) is 0 Å². The van der Waals surface area contributed by atoms with Gasteiger partial charge >= 0.3 is 5.97 Å². The molecule has 2 aromatic rings. The van der Waals surface area contributed by atoms with Crippen LogP contribution in [0.15, 0.2) is 23.2 Å². The zero-order chi connectivity index (χ0) is 21.2. The van der Waals surface area contributed by atoms with Gasteiger partial charge in [-0.3, -0.25) is 9.00 Å². The number of aliphatic carboxylic acids is 1. The molecule has 0 spiro atoms. The van der Waals surface area contributed by atoms with Crippen LogP contribution in [-0.2, 0) is 26.9 Å². The Morgan fingerprint density at radius 3 is 2.69 bits per heavy atom. The van der Waals surface area contributed by atoms with Crippen molar-refractivity contribution in [3.8, 4) is 0 Å². The predicted octanol–water partition coefficient (Wildman–Crippen LogP) is -0.329. The Bertz CT molecular complexity index is 1080. The molecule has 156 valence electrons. The van der Waals surface area contributed by atoms with Gasteiger partial charge in [0.1, 0.15) is 18.4 Å². The van der Waals surface area contributed by atoms with E-state index in [0.717, 1.165) is 0 Å². The highest BCUT2D eigenvalue weighted by molar-refractivity contribution is 7.84. The monoisotopic (exact) mass is 440 g/mol. The van der Waals surface area contributed by atoms with Gasteiger partial charge in [-0.05, 0) is 6.92 Å². The summed E-state index contributed by atoms with van der Waals surface area (Å²) in [6, 6.07) is -0.385. The first-order valence-electron chi connectivity index (χ1n) is 9.16. The SMILES string of the molecule is C[C@@H](O)[C@H]1C(=O)N2C(C(=O)O)=C(c3c[n+]4cn(CCO)c(S(C)=O)c4s3)[C@H](C)[C@H]12. The number of rotatable bonds is 6. The van der Waals surface area contributed by atoms with Crippen molar-refractivity contribution in [2.45, 2.75) is 37.6 Å². The number of hydrogen-bond acceptors (Lipinski definition) is 6. The van der Waals surface area contributed by atoms with Gasteiger partial charge in [-0.15, -0.1) is 0 Å². The number of amides is 1. The van der Waals surface area contributed by atoms with Gasteiger partial charge < -0.3 is 20.2 Å². The van der Waals surface area contributed by atoms with Crippen molar-refractivity contribution in [1.29, 1.82) is 0 Å². The number of aromatic nitrogens is 2. The molecule has 9 nitrogen and oxygen atoms in total. The maximum Gasteiger partial charge on any atom is 0.352 e. The molecular weight excluding hydrogens is 418 g/mol. The molecule has 4 rings (SSSR count). The second-order valence-electron chi connectivity index (χ2n) is 7.42. The number of fused-ring (bicyclic) bond motifs is 2. The number of imidazole rings is 1. The van der Waals surface area contributed by atoms with Gasteiger partial charge in [0, 0.05) is 17.7 Å². The second kappa shape index (κ2) is 7.01. The van der Waals surface area contributed by atoms with E-state index in [1.54, 1.807) is 34.7 Å². The highest BCUT2D eigenvalue weighted by Crippen LogP contribution is 2.51. The Kier molecular flexibility index (Phi) is 4.88. The molecule has 0 aliphatic carbocycles. The van der Waals surface area contributed by atoms with E-state index >= 15 is 0 Å². The van der Waals surface area contributed by atoms with Gasteiger partial charge in [-0.2, -0.15) is 4.40 Å². The number of nitrogens with zero attached hydrogens (tertiary/aromatic N) is 3. The van der Waals surface area contributed by atoms with Crippen LogP contribution < -0.4 is 4.40 Å². The van der Waals surface area contributed by atoms with E-state index in [0.29, 0.717) is 26.9 Å². The normalized spacial score (nSPS) is 26.0. The minimum atomic E-state index is -1.31. The smallest absolute Gasteiger partial charge is 0.352 e. The van der Waals surface area contributed by atoms with Crippen LogP contribution in [0.3, 0.4) is 0 Å². The fraction of sp³-hybridized carbons (Fsp3) is 0.500. The Morgan fingerprint density at radius 1 is 1.45 bits per heavy atom. The summed E-state index contributed by atoms with van der Waals surface area (Å²) in [4.78, 5) is 27.2. The number of aliphatic hydroxyl groups excluding tert-OH is 2. The quantitative estimate of drug-likeness (QED) is 0.417. The molecule has 1 amide bonds. The molecule has 4 heterocycles. The third kappa shape index (κ3) is 2.79. The number of hydrogen-bond donors (Lipinski definition) is 3. The first-order chi connectivity index (χ1) is 13.7. The van der Waals surface area contributed by atoms with E-state index in [9.17, 15) is 29.1 Å².